The molecule has 32 heavy (non-hydrogen) atoms. The summed E-state index contributed by atoms with van der Waals surface area (Å²) in [6.07, 6.45) is 1.64. The molecule has 0 aliphatic carbocycles. The first kappa shape index (κ1) is 21.8. The number of hydrogen-bond acceptors (Lipinski definition) is 8. The van der Waals surface area contributed by atoms with E-state index in [2.05, 4.69) is 15.3 Å². The number of ether oxygens (including phenoxy) is 2. The number of carbonyl (C=O) groups is 1. The minimum absolute atomic E-state index is 0.0386. The fourth-order valence-electron chi connectivity index (χ4n) is 3.51. The Hall–Kier alpha value is -3.37. The van der Waals surface area contributed by atoms with Gasteiger partial charge < -0.3 is 29.4 Å². The Labute approximate surface area is 188 Å². The lowest BCUT2D eigenvalue weighted by Gasteiger charge is -2.31. The molecule has 0 radical (unpaired) electrons. The summed E-state index contributed by atoms with van der Waals surface area (Å²) in [5, 5.41) is 13.1. The van der Waals surface area contributed by atoms with E-state index >= 15 is 0 Å². The van der Waals surface area contributed by atoms with Gasteiger partial charge in [-0.25, -0.2) is 9.78 Å². The number of aryl methyl sites for hydroxylation is 1. The maximum atomic E-state index is 12.4. The highest BCUT2D eigenvalue weighted by atomic mass is 35.5. The van der Waals surface area contributed by atoms with E-state index in [1.54, 1.807) is 31.4 Å². The molecular weight excluding hydrogens is 438 g/mol. The van der Waals surface area contributed by atoms with Gasteiger partial charge in [0.15, 0.2) is 18.2 Å². The number of rotatable bonds is 6. The van der Waals surface area contributed by atoms with Gasteiger partial charge >= 0.3 is 5.97 Å². The van der Waals surface area contributed by atoms with Crippen molar-refractivity contribution in [3.63, 3.8) is 0 Å². The lowest BCUT2D eigenvalue weighted by atomic mass is 10.2. The fraction of sp³-hybridized carbons (Fsp3) is 0.333. The average Bonchev–Trinajstić information content (AvgIpc) is 2.76. The molecule has 0 spiro atoms. The first-order chi connectivity index (χ1) is 15.3. The Kier molecular flexibility index (Phi) is 6.15. The molecule has 0 unspecified atom stereocenters. The largest absolute Gasteiger partial charge is 0.479 e. The number of aromatic nitrogens is 3. The molecule has 1 atom stereocenters. The number of fused-ring (bicyclic) bond motifs is 1. The van der Waals surface area contributed by atoms with Crippen molar-refractivity contribution in [2.24, 2.45) is 7.05 Å². The minimum atomic E-state index is -1.16. The molecule has 3 heterocycles. The summed E-state index contributed by atoms with van der Waals surface area (Å²) in [7, 11) is 1.60. The van der Waals surface area contributed by atoms with Crippen LogP contribution in [0.2, 0.25) is 5.02 Å². The highest BCUT2D eigenvalue weighted by molar-refractivity contribution is 6.32. The molecule has 0 saturated carbocycles. The van der Waals surface area contributed by atoms with E-state index in [0.29, 0.717) is 53.1 Å². The van der Waals surface area contributed by atoms with E-state index in [4.69, 9.17) is 26.2 Å². The Morgan fingerprint density at radius 3 is 2.97 bits per heavy atom. The molecule has 3 aromatic rings. The molecule has 10 nitrogen and oxygen atoms in total. The number of carboxylic acid groups (broad SMARTS) is 1. The van der Waals surface area contributed by atoms with Crippen molar-refractivity contribution in [1.29, 1.82) is 0 Å². The van der Waals surface area contributed by atoms with Crippen molar-refractivity contribution >= 4 is 45.9 Å². The minimum Gasteiger partial charge on any atom is -0.479 e. The standard InChI is InChI=1S/C21H22ClN5O5/c1-12-10-27(5-6-31-12)21-23-9-15(22)19(25-21)24-14-3-4-16-13(7-14)8-17(20(30)26(16)2)32-11-18(28)29/h3-4,7-9,12H,5-6,10-11H2,1-2H3,(H,28,29)(H,23,24,25)/t12-/m0/s1. The van der Waals surface area contributed by atoms with Crippen molar-refractivity contribution in [3.05, 3.63) is 45.8 Å². The molecule has 4 rings (SSSR count). The van der Waals surface area contributed by atoms with Crippen LogP contribution in [0.5, 0.6) is 5.75 Å². The lowest BCUT2D eigenvalue weighted by molar-refractivity contribution is -0.139. The number of morpholine rings is 1. The molecule has 1 saturated heterocycles. The van der Waals surface area contributed by atoms with Gasteiger partial charge in [-0.3, -0.25) is 4.79 Å². The van der Waals surface area contributed by atoms with E-state index in [1.165, 1.54) is 10.6 Å². The number of nitrogens with one attached hydrogen (secondary N) is 1. The van der Waals surface area contributed by atoms with Crippen molar-refractivity contribution < 1.29 is 19.4 Å². The van der Waals surface area contributed by atoms with Crippen LogP contribution < -0.4 is 20.5 Å². The first-order valence-electron chi connectivity index (χ1n) is 9.96. The third kappa shape index (κ3) is 4.61. The van der Waals surface area contributed by atoms with Crippen LogP contribution in [0.1, 0.15) is 6.92 Å². The van der Waals surface area contributed by atoms with E-state index in [9.17, 15) is 9.59 Å². The number of aliphatic carboxylic acids is 1. The van der Waals surface area contributed by atoms with Crippen LogP contribution in [0.25, 0.3) is 10.9 Å². The van der Waals surface area contributed by atoms with Crippen molar-refractivity contribution in [2.75, 3.05) is 36.5 Å². The predicted octanol–water partition coefficient (Wildman–Crippen LogP) is 2.41. The number of anilines is 3. The van der Waals surface area contributed by atoms with Crippen LogP contribution >= 0.6 is 11.6 Å². The Morgan fingerprint density at radius 2 is 2.22 bits per heavy atom. The van der Waals surface area contributed by atoms with Crippen molar-refractivity contribution in [3.8, 4) is 5.75 Å². The Morgan fingerprint density at radius 1 is 1.41 bits per heavy atom. The summed E-state index contributed by atoms with van der Waals surface area (Å²) in [5.41, 5.74) is 0.935. The van der Waals surface area contributed by atoms with Gasteiger partial charge in [-0.1, -0.05) is 11.6 Å². The number of benzene rings is 1. The van der Waals surface area contributed by atoms with E-state index in [1.807, 2.05) is 11.8 Å². The maximum absolute atomic E-state index is 12.4. The zero-order chi connectivity index (χ0) is 22.8. The first-order valence-corrected chi connectivity index (χ1v) is 10.3. The van der Waals surface area contributed by atoms with Crippen LogP contribution in [-0.4, -0.2) is 58.0 Å². The number of carboxylic acids is 1. The topological polar surface area (TPSA) is 119 Å². The molecule has 2 aromatic heterocycles. The molecule has 1 fully saturated rings. The highest BCUT2D eigenvalue weighted by Gasteiger charge is 2.20. The van der Waals surface area contributed by atoms with Gasteiger partial charge in [0, 0.05) is 31.2 Å². The normalized spacial score (nSPS) is 16.2. The summed E-state index contributed by atoms with van der Waals surface area (Å²) < 4.78 is 12.1. The summed E-state index contributed by atoms with van der Waals surface area (Å²) in [5.74, 6) is -0.197. The van der Waals surface area contributed by atoms with Gasteiger partial charge in [0.1, 0.15) is 5.02 Å². The van der Waals surface area contributed by atoms with Gasteiger partial charge in [0.05, 0.1) is 24.4 Å². The van der Waals surface area contributed by atoms with Gasteiger partial charge in [-0.05, 0) is 31.2 Å². The SMILES string of the molecule is C[C@H]1CN(c2ncc(Cl)c(Nc3ccc4c(c3)cc(OCC(=O)O)c(=O)n4C)n2)CCO1. The van der Waals surface area contributed by atoms with Gasteiger partial charge in [0.2, 0.25) is 5.95 Å². The molecule has 0 amide bonds. The second kappa shape index (κ2) is 9.01. The molecule has 0 bridgehead atoms. The van der Waals surface area contributed by atoms with Gasteiger partial charge in [-0.2, -0.15) is 4.98 Å². The zero-order valence-corrected chi connectivity index (χ0v) is 18.3. The quantitative estimate of drug-likeness (QED) is 0.572. The van der Waals surface area contributed by atoms with Crippen LogP contribution in [0.4, 0.5) is 17.5 Å². The van der Waals surface area contributed by atoms with Crippen molar-refractivity contribution in [1.82, 2.24) is 14.5 Å². The number of halogens is 1. The summed E-state index contributed by atoms with van der Waals surface area (Å²) in [4.78, 5) is 34.2. The molecule has 2 N–H and O–H groups in total. The zero-order valence-electron chi connectivity index (χ0n) is 17.5. The maximum Gasteiger partial charge on any atom is 0.341 e. The van der Waals surface area contributed by atoms with Gasteiger partial charge in [0.25, 0.3) is 5.56 Å². The average molecular weight is 460 g/mol. The molecule has 1 aliphatic rings. The van der Waals surface area contributed by atoms with E-state index in [-0.39, 0.29) is 11.9 Å². The van der Waals surface area contributed by atoms with Crippen LogP contribution in [0.3, 0.4) is 0 Å². The van der Waals surface area contributed by atoms with Crippen LogP contribution in [0.15, 0.2) is 35.3 Å². The van der Waals surface area contributed by atoms with Gasteiger partial charge in [-0.15, -0.1) is 0 Å². The third-order valence-electron chi connectivity index (χ3n) is 5.06. The Bertz CT molecular complexity index is 1230. The summed E-state index contributed by atoms with van der Waals surface area (Å²) in [6.45, 7) is 3.38. The second-order valence-electron chi connectivity index (χ2n) is 7.45. The van der Waals surface area contributed by atoms with E-state index in [0.717, 1.165) is 0 Å². The van der Waals surface area contributed by atoms with Crippen LogP contribution in [-0.2, 0) is 16.6 Å². The van der Waals surface area contributed by atoms with Crippen LogP contribution in [0, 0.1) is 0 Å². The molecule has 11 heteroatoms. The third-order valence-corrected chi connectivity index (χ3v) is 5.34. The van der Waals surface area contributed by atoms with Crippen molar-refractivity contribution in [2.45, 2.75) is 13.0 Å². The predicted molar refractivity (Wildman–Crippen MR) is 120 cm³/mol. The number of nitrogens with zero attached hydrogens (tertiary/aromatic N) is 4. The molecule has 1 aromatic carbocycles. The number of hydrogen-bond donors (Lipinski definition) is 2. The monoisotopic (exact) mass is 459 g/mol. The van der Waals surface area contributed by atoms with E-state index < -0.39 is 18.1 Å². The smallest absolute Gasteiger partial charge is 0.341 e. The molecule has 1 aliphatic heterocycles. The number of pyridine rings is 1. The molecule has 168 valence electrons. The summed E-state index contributed by atoms with van der Waals surface area (Å²) in [6, 6.07) is 6.90. The lowest BCUT2D eigenvalue weighted by Crippen LogP contribution is -2.42. The second-order valence-corrected chi connectivity index (χ2v) is 7.85. The highest BCUT2D eigenvalue weighted by Crippen LogP contribution is 2.28. The molecular formula is C21H22ClN5O5. The fourth-order valence-corrected chi connectivity index (χ4v) is 3.65. The Balaban J connectivity index is 1.64. The summed E-state index contributed by atoms with van der Waals surface area (Å²) >= 11 is 6.32.